The lowest BCUT2D eigenvalue weighted by atomic mass is 9.92. The number of fused-ring (bicyclic) bond motifs is 1. The van der Waals surface area contributed by atoms with E-state index in [1.165, 1.54) is 0 Å². The van der Waals surface area contributed by atoms with Crippen LogP contribution in [0.5, 0.6) is 0 Å². The number of hydrogen-bond acceptors (Lipinski definition) is 5. The third kappa shape index (κ3) is 3.34. The molecule has 2 unspecified atom stereocenters. The first-order valence-electron chi connectivity index (χ1n) is 9.03. The molecule has 0 radical (unpaired) electrons. The maximum absolute atomic E-state index is 12.5. The van der Waals surface area contributed by atoms with E-state index in [4.69, 9.17) is 9.47 Å². The summed E-state index contributed by atoms with van der Waals surface area (Å²) in [5.41, 5.74) is 0.561. The van der Waals surface area contributed by atoms with E-state index in [1.54, 1.807) is 12.3 Å². The smallest absolute Gasteiger partial charge is 0.271 e. The Balaban J connectivity index is 1.38. The second-order valence-corrected chi connectivity index (χ2v) is 7.02. The van der Waals surface area contributed by atoms with Gasteiger partial charge in [0.15, 0.2) is 0 Å². The van der Waals surface area contributed by atoms with Crippen LogP contribution in [-0.2, 0) is 9.47 Å². The first-order chi connectivity index (χ1) is 11.8. The number of hydrogen-bond donors (Lipinski definition) is 1. The second-order valence-electron chi connectivity index (χ2n) is 7.02. The molecular formula is C17H26N4O3. The third-order valence-electron chi connectivity index (χ3n) is 5.60. The topological polar surface area (TPSA) is 70.7 Å². The number of nitrogens with zero attached hydrogens (tertiary/aromatic N) is 3. The number of carbonyl (C=O) groups excluding carboxylic acids is 1. The normalized spacial score (nSPS) is 29.9. The van der Waals surface area contributed by atoms with E-state index < -0.39 is 0 Å². The number of ether oxygens (including phenoxy) is 2. The Labute approximate surface area is 142 Å². The van der Waals surface area contributed by atoms with E-state index in [0.717, 1.165) is 58.7 Å². The van der Waals surface area contributed by atoms with Crippen LogP contribution in [0, 0.1) is 5.92 Å². The molecule has 0 bridgehead atoms. The zero-order valence-corrected chi connectivity index (χ0v) is 14.0. The van der Waals surface area contributed by atoms with Gasteiger partial charge in [-0.2, -0.15) is 5.10 Å². The number of H-pyrrole nitrogens is 1. The second kappa shape index (κ2) is 7.21. The van der Waals surface area contributed by atoms with E-state index in [0.29, 0.717) is 24.2 Å². The molecule has 4 heterocycles. The lowest BCUT2D eigenvalue weighted by Gasteiger charge is -2.39. The molecule has 1 aromatic heterocycles. The molecule has 7 heteroatoms. The summed E-state index contributed by atoms with van der Waals surface area (Å²) in [5, 5.41) is 6.64. The first kappa shape index (κ1) is 16.1. The fourth-order valence-electron chi connectivity index (χ4n) is 4.19. The Bertz CT molecular complexity index is 544. The molecule has 3 fully saturated rings. The highest BCUT2D eigenvalue weighted by Gasteiger charge is 2.37. The predicted octanol–water partition coefficient (Wildman–Crippen LogP) is 0.752. The summed E-state index contributed by atoms with van der Waals surface area (Å²) in [6.45, 7) is 6.07. The predicted molar refractivity (Wildman–Crippen MR) is 87.8 cm³/mol. The highest BCUT2D eigenvalue weighted by atomic mass is 16.5. The van der Waals surface area contributed by atoms with Crippen LogP contribution in [0.3, 0.4) is 0 Å². The quantitative estimate of drug-likeness (QED) is 0.864. The van der Waals surface area contributed by atoms with Gasteiger partial charge in [0.25, 0.3) is 5.91 Å². The highest BCUT2D eigenvalue weighted by Crippen LogP contribution is 2.27. The maximum Gasteiger partial charge on any atom is 0.271 e. The lowest BCUT2D eigenvalue weighted by Crippen LogP contribution is -2.50. The number of likely N-dealkylation sites (tertiary alicyclic amines) is 1. The third-order valence-corrected chi connectivity index (χ3v) is 5.60. The number of piperidine rings is 1. The summed E-state index contributed by atoms with van der Waals surface area (Å²) < 4.78 is 11.6. The largest absolute Gasteiger partial charge is 0.381 e. The van der Waals surface area contributed by atoms with E-state index in [-0.39, 0.29) is 12.0 Å². The van der Waals surface area contributed by atoms with Gasteiger partial charge >= 0.3 is 0 Å². The average Bonchev–Trinajstić information content (AvgIpc) is 3.08. The monoisotopic (exact) mass is 334 g/mol. The minimum absolute atomic E-state index is 0.0279. The number of rotatable bonds is 2. The van der Waals surface area contributed by atoms with Crippen molar-refractivity contribution in [2.75, 3.05) is 46.0 Å². The van der Waals surface area contributed by atoms with Crippen LogP contribution in [0.2, 0.25) is 0 Å². The number of aromatic amines is 1. The van der Waals surface area contributed by atoms with E-state index in [2.05, 4.69) is 15.1 Å². The molecule has 132 valence electrons. The van der Waals surface area contributed by atoms with Crippen LogP contribution in [-0.4, -0.2) is 84.0 Å². The maximum atomic E-state index is 12.5. The molecule has 0 saturated carbocycles. The standard InChI is InChI=1S/C17H26N4O3/c22-17(15-1-5-18-19-15)21-6-2-13-11-20(7-10-24-16(13)12-21)14-3-8-23-9-4-14/h1,5,13-14,16H,2-4,6-12H2,(H,18,19). The molecular weight excluding hydrogens is 308 g/mol. The molecule has 2 atom stereocenters. The zero-order valence-electron chi connectivity index (χ0n) is 14.0. The van der Waals surface area contributed by atoms with E-state index in [9.17, 15) is 4.79 Å². The molecule has 1 aromatic rings. The molecule has 3 aliphatic heterocycles. The van der Waals surface area contributed by atoms with Gasteiger partial charge in [0.05, 0.1) is 12.7 Å². The van der Waals surface area contributed by atoms with Gasteiger partial charge in [-0.1, -0.05) is 0 Å². The summed E-state index contributed by atoms with van der Waals surface area (Å²) in [4.78, 5) is 17.0. The molecule has 3 aliphatic rings. The fraction of sp³-hybridized carbons (Fsp3) is 0.765. The molecule has 0 aromatic carbocycles. The Hall–Kier alpha value is -1.44. The minimum Gasteiger partial charge on any atom is -0.381 e. The summed E-state index contributed by atoms with van der Waals surface area (Å²) in [6.07, 6.45) is 5.03. The fourth-order valence-corrected chi connectivity index (χ4v) is 4.19. The van der Waals surface area contributed by atoms with E-state index >= 15 is 0 Å². The van der Waals surface area contributed by atoms with E-state index in [1.807, 2.05) is 4.90 Å². The zero-order chi connectivity index (χ0) is 16.4. The average molecular weight is 334 g/mol. The van der Waals surface area contributed by atoms with Crippen molar-refractivity contribution < 1.29 is 14.3 Å². The molecule has 4 rings (SSSR count). The molecule has 1 N–H and O–H groups in total. The van der Waals surface area contributed by atoms with Crippen LogP contribution >= 0.6 is 0 Å². The summed E-state index contributed by atoms with van der Waals surface area (Å²) in [7, 11) is 0. The van der Waals surface area contributed by atoms with Gasteiger partial charge in [0.2, 0.25) is 0 Å². The number of amides is 1. The Morgan fingerprint density at radius 3 is 2.83 bits per heavy atom. The van der Waals surface area contributed by atoms with Crippen LogP contribution < -0.4 is 0 Å². The highest BCUT2D eigenvalue weighted by molar-refractivity contribution is 5.92. The Kier molecular flexibility index (Phi) is 4.82. The van der Waals surface area contributed by atoms with Gasteiger partial charge in [-0.15, -0.1) is 0 Å². The molecule has 24 heavy (non-hydrogen) atoms. The molecule has 3 saturated heterocycles. The Morgan fingerprint density at radius 2 is 2.04 bits per heavy atom. The van der Waals surface area contributed by atoms with Crippen molar-refractivity contribution in [1.82, 2.24) is 20.0 Å². The van der Waals surface area contributed by atoms with Crippen molar-refractivity contribution >= 4 is 5.91 Å². The molecule has 7 nitrogen and oxygen atoms in total. The molecule has 0 aliphatic carbocycles. The van der Waals surface area contributed by atoms with Crippen LogP contribution in [0.15, 0.2) is 12.3 Å². The van der Waals surface area contributed by atoms with Crippen molar-refractivity contribution in [2.45, 2.75) is 31.4 Å². The molecule has 1 amide bonds. The first-order valence-corrected chi connectivity index (χ1v) is 9.03. The van der Waals surface area contributed by atoms with Crippen molar-refractivity contribution in [3.8, 4) is 0 Å². The van der Waals surface area contributed by atoms with Crippen molar-refractivity contribution in [1.29, 1.82) is 0 Å². The van der Waals surface area contributed by atoms with Crippen LogP contribution in [0.1, 0.15) is 29.8 Å². The SMILES string of the molecule is O=C(c1ccn[nH]1)N1CCC2CN(C3CCOCC3)CCOC2C1. The van der Waals surface area contributed by atoms with Crippen LogP contribution in [0.4, 0.5) is 0 Å². The van der Waals surface area contributed by atoms with Crippen LogP contribution in [0.25, 0.3) is 0 Å². The van der Waals surface area contributed by atoms with Gasteiger partial charge < -0.3 is 14.4 Å². The van der Waals surface area contributed by atoms with Gasteiger partial charge in [0.1, 0.15) is 5.69 Å². The number of carbonyl (C=O) groups is 1. The summed E-state index contributed by atoms with van der Waals surface area (Å²) >= 11 is 0. The Morgan fingerprint density at radius 1 is 1.17 bits per heavy atom. The van der Waals surface area contributed by atoms with Gasteiger partial charge in [-0.3, -0.25) is 14.8 Å². The van der Waals surface area contributed by atoms with Gasteiger partial charge in [-0.05, 0) is 25.3 Å². The van der Waals surface area contributed by atoms with Crippen molar-refractivity contribution in [2.24, 2.45) is 5.92 Å². The van der Waals surface area contributed by atoms with Gasteiger partial charge in [0, 0.05) is 57.5 Å². The number of aromatic nitrogens is 2. The van der Waals surface area contributed by atoms with Crippen molar-refractivity contribution in [3.05, 3.63) is 18.0 Å². The summed E-state index contributed by atoms with van der Waals surface area (Å²) in [6, 6.07) is 2.36. The molecule has 0 spiro atoms. The summed E-state index contributed by atoms with van der Waals surface area (Å²) in [5.74, 6) is 0.543. The van der Waals surface area contributed by atoms with Gasteiger partial charge in [-0.25, -0.2) is 0 Å². The number of nitrogens with one attached hydrogen (secondary N) is 1. The lowest BCUT2D eigenvalue weighted by molar-refractivity contribution is -0.0175. The van der Waals surface area contributed by atoms with Crippen molar-refractivity contribution in [3.63, 3.8) is 0 Å². The minimum atomic E-state index is 0.0279.